The number of likely N-dealkylation sites (tertiary alicyclic amines) is 1. The molecule has 0 aliphatic carbocycles. The van der Waals surface area contributed by atoms with Crippen molar-refractivity contribution in [1.29, 1.82) is 5.26 Å². The molecule has 0 amide bonds. The van der Waals surface area contributed by atoms with Gasteiger partial charge in [0.2, 0.25) is 10.0 Å². The smallest absolute Gasteiger partial charge is 0.240 e. The van der Waals surface area contributed by atoms with Crippen molar-refractivity contribution in [2.45, 2.75) is 43.5 Å². The van der Waals surface area contributed by atoms with Crippen LogP contribution in [0, 0.1) is 11.3 Å². The van der Waals surface area contributed by atoms with Crippen LogP contribution < -0.4 is 14.2 Å². The molecule has 1 atom stereocenters. The van der Waals surface area contributed by atoms with Gasteiger partial charge in [-0.15, -0.1) is 0 Å². The first kappa shape index (κ1) is 27.6. The van der Waals surface area contributed by atoms with Crippen LogP contribution in [0.4, 0.5) is 0 Å². The van der Waals surface area contributed by atoms with Crippen molar-refractivity contribution in [2.24, 2.45) is 0 Å². The first-order valence-electron chi connectivity index (χ1n) is 13.2. The lowest BCUT2D eigenvalue weighted by molar-refractivity contribution is 0.261. The van der Waals surface area contributed by atoms with Gasteiger partial charge in [0.05, 0.1) is 29.7 Å². The van der Waals surface area contributed by atoms with Gasteiger partial charge < -0.3 is 14.4 Å². The highest BCUT2D eigenvalue weighted by Gasteiger charge is 2.27. The van der Waals surface area contributed by atoms with Gasteiger partial charge in [0, 0.05) is 19.1 Å². The average Bonchev–Trinajstić information content (AvgIpc) is 3.38. The maximum atomic E-state index is 12.8. The first-order valence-corrected chi connectivity index (χ1v) is 14.7. The number of ether oxygens (including phenoxy) is 2. The largest absolute Gasteiger partial charge is 0.494 e. The van der Waals surface area contributed by atoms with E-state index in [2.05, 4.69) is 22.6 Å². The highest BCUT2D eigenvalue weighted by atomic mass is 32.2. The number of nitrogens with zero attached hydrogens (tertiary/aromatic N) is 2. The molecule has 3 aromatic carbocycles. The SMILES string of the molecule is CCCCOc1ccc(S(=O)(=O)N[C@@H]2CCN(CCCOc3ccc(-c4ccc(C#N)cc4)cc3)C2)cc1. The van der Waals surface area contributed by atoms with Crippen LogP contribution in [-0.4, -0.2) is 52.2 Å². The molecule has 0 aromatic heterocycles. The molecule has 4 rings (SSSR count). The predicted octanol–water partition coefficient (Wildman–Crippen LogP) is 5.23. The minimum atomic E-state index is -3.57. The van der Waals surface area contributed by atoms with E-state index in [1.807, 2.05) is 48.5 Å². The molecule has 7 nitrogen and oxygen atoms in total. The first-order chi connectivity index (χ1) is 18.5. The molecular weight excluding hydrogens is 498 g/mol. The molecule has 1 aliphatic rings. The molecule has 0 bridgehead atoms. The van der Waals surface area contributed by atoms with Gasteiger partial charge in [-0.2, -0.15) is 5.26 Å². The molecule has 38 heavy (non-hydrogen) atoms. The number of nitriles is 1. The van der Waals surface area contributed by atoms with E-state index in [9.17, 15) is 8.42 Å². The summed E-state index contributed by atoms with van der Waals surface area (Å²) in [5, 5.41) is 8.94. The Kier molecular flexibility index (Phi) is 9.77. The van der Waals surface area contributed by atoms with E-state index in [1.54, 1.807) is 24.3 Å². The Hall–Kier alpha value is -3.38. The number of rotatable bonds is 13. The molecule has 1 N–H and O–H groups in total. The Morgan fingerprint density at radius 1 is 0.895 bits per heavy atom. The summed E-state index contributed by atoms with van der Waals surface area (Å²) < 4.78 is 40.0. The van der Waals surface area contributed by atoms with Crippen LogP contribution in [0.5, 0.6) is 11.5 Å². The number of sulfonamides is 1. The van der Waals surface area contributed by atoms with Crippen molar-refractivity contribution in [1.82, 2.24) is 9.62 Å². The quantitative estimate of drug-likeness (QED) is 0.303. The number of unbranched alkanes of at least 4 members (excludes halogenated alkanes) is 1. The van der Waals surface area contributed by atoms with Gasteiger partial charge >= 0.3 is 0 Å². The summed E-state index contributed by atoms with van der Waals surface area (Å²) in [6, 6.07) is 24.1. The van der Waals surface area contributed by atoms with Gasteiger partial charge in [-0.1, -0.05) is 37.6 Å². The Labute approximate surface area is 226 Å². The summed E-state index contributed by atoms with van der Waals surface area (Å²) in [7, 11) is -3.57. The topological polar surface area (TPSA) is 91.7 Å². The molecule has 0 unspecified atom stereocenters. The van der Waals surface area contributed by atoms with Gasteiger partial charge in [-0.25, -0.2) is 13.1 Å². The fraction of sp³-hybridized carbons (Fsp3) is 0.367. The second-order valence-electron chi connectivity index (χ2n) is 9.50. The predicted molar refractivity (Wildman–Crippen MR) is 149 cm³/mol. The van der Waals surface area contributed by atoms with Crippen LogP contribution in [-0.2, 0) is 10.0 Å². The number of hydrogen-bond acceptors (Lipinski definition) is 6. The van der Waals surface area contributed by atoms with Crippen LogP contribution in [0.3, 0.4) is 0 Å². The second kappa shape index (κ2) is 13.4. The third-order valence-corrected chi connectivity index (χ3v) is 8.12. The summed E-state index contributed by atoms with van der Waals surface area (Å²) in [5.74, 6) is 1.50. The fourth-order valence-corrected chi connectivity index (χ4v) is 5.69. The van der Waals surface area contributed by atoms with Crippen molar-refractivity contribution in [3.05, 3.63) is 78.4 Å². The van der Waals surface area contributed by atoms with Gasteiger partial charge in [0.25, 0.3) is 0 Å². The zero-order valence-corrected chi connectivity index (χ0v) is 22.6. The Morgan fingerprint density at radius 3 is 2.08 bits per heavy atom. The van der Waals surface area contributed by atoms with Crippen molar-refractivity contribution >= 4 is 10.0 Å². The molecule has 0 radical (unpaired) electrons. The van der Waals surface area contributed by atoms with Crippen molar-refractivity contribution in [2.75, 3.05) is 32.8 Å². The van der Waals surface area contributed by atoms with Gasteiger partial charge in [-0.05, 0) is 85.5 Å². The number of hydrogen-bond donors (Lipinski definition) is 1. The Bertz CT molecular complexity index is 1300. The zero-order valence-electron chi connectivity index (χ0n) is 21.8. The van der Waals surface area contributed by atoms with Crippen molar-refractivity contribution in [3.63, 3.8) is 0 Å². The molecule has 1 aliphatic heterocycles. The van der Waals surface area contributed by atoms with Crippen LogP contribution in [0.25, 0.3) is 11.1 Å². The normalized spacial score (nSPS) is 15.7. The van der Waals surface area contributed by atoms with Crippen LogP contribution >= 0.6 is 0 Å². The maximum absolute atomic E-state index is 12.8. The Morgan fingerprint density at radius 2 is 1.47 bits per heavy atom. The van der Waals surface area contributed by atoms with Crippen LogP contribution in [0.1, 0.15) is 38.2 Å². The summed E-state index contributed by atoms with van der Waals surface area (Å²) >= 11 is 0. The van der Waals surface area contributed by atoms with E-state index >= 15 is 0 Å². The van der Waals surface area contributed by atoms with E-state index in [1.165, 1.54) is 0 Å². The van der Waals surface area contributed by atoms with E-state index in [-0.39, 0.29) is 10.9 Å². The lowest BCUT2D eigenvalue weighted by Gasteiger charge is -2.17. The van der Waals surface area contributed by atoms with Crippen molar-refractivity contribution < 1.29 is 17.9 Å². The standard InChI is InChI=1S/C30H35N3O4S/c1-2-3-20-36-29-13-15-30(16-14-29)38(34,35)32-27-17-19-33(23-27)18-4-21-37-28-11-9-26(10-12-28)25-7-5-24(22-31)6-8-25/h5-16,27,32H,2-4,17-21,23H2,1H3/t27-/m1/s1. The summed E-state index contributed by atoms with van der Waals surface area (Å²) in [4.78, 5) is 2.53. The fourth-order valence-electron chi connectivity index (χ4n) is 4.43. The lowest BCUT2D eigenvalue weighted by atomic mass is 10.0. The average molecular weight is 534 g/mol. The van der Waals surface area contributed by atoms with Gasteiger partial charge in [0.15, 0.2) is 0 Å². The summed E-state index contributed by atoms with van der Waals surface area (Å²) in [6.07, 6.45) is 3.67. The number of benzene rings is 3. The van der Waals surface area contributed by atoms with Crippen molar-refractivity contribution in [3.8, 4) is 28.7 Å². The minimum Gasteiger partial charge on any atom is -0.494 e. The monoisotopic (exact) mass is 533 g/mol. The minimum absolute atomic E-state index is 0.101. The molecule has 0 spiro atoms. The van der Waals surface area contributed by atoms with Crippen LogP contribution in [0.2, 0.25) is 0 Å². The van der Waals surface area contributed by atoms with E-state index in [0.29, 0.717) is 31.1 Å². The molecule has 0 saturated carbocycles. The molecule has 8 heteroatoms. The molecule has 1 fully saturated rings. The highest BCUT2D eigenvalue weighted by molar-refractivity contribution is 7.89. The zero-order chi connectivity index (χ0) is 26.8. The van der Waals surface area contributed by atoms with E-state index < -0.39 is 10.0 Å². The summed E-state index contributed by atoms with van der Waals surface area (Å²) in [6.45, 7) is 5.73. The van der Waals surface area contributed by atoms with Crippen LogP contribution in [0.15, 0.2) is 77.7 Å². The number of nitrogens with one attached hydrogen (secondary N) is 1. The van der Waals surface area contributed by atoms with Gasteiger partial charge in [-0.3, -0.25) is 0 Å². The van der Waals surface area contributed by atoms with Gasteiger partial charge in [0.1, 0.15) is 11.5 Å². The molecule has 200 valence electrons. The molecular formula is C30H35N3O4S. The lowest BCUT2D eigenvalue weighted by Crippen LogP contribution is -2.37. The Balaban J connectivity index is 1.17. The third kappa shape index (κ3) is 7.81. The third-order valence-electron chi connectivity index (χ3n) is 6.58. The molecule has 1 heterocycles. The molecule has 3 aromatic rings. The van der Waals surface area contributed by atoms with E-state index in [4.69, 9.17) is 14.7 Å². The van der Waals surface area contributed by atoms with E-state index in [0.717, 1.165) is 55.6 Å². The maximum Gasteiger partial charge on any atom is 0.240 e. The highest BCUT2D eigenvalue weighted by Crippen LogP contribution is 2.23. The summed E-state index contributed by atoms with van der Waals surface area (Å²) in [5.41, 5.74) is 2.78. The molecule has 1 saturated heterocycles. The second-order valence-corrected chi connectivity index (χ2v) is 11.2.